The molecule has 17 heavy (non-hydrogen) atoms. The van der Waals surface area contributed by atoms with E-state index in [4.69, 9.17) is 5.73 Å². The number of aryl methyl sites for hydroxylation is 1. The first-order valence-electron chi connectivity index (χ1n) is 5.72. The fourth-order valence-corrected chi connectivity index (χ4v) is 3.03. The van der Waals surface area contributed by atoms with E-state index in [2.05, 4.69) is 25.6 Å². The maximum Gasteiger partial charge on any atom is 0.228 e. The molecule has 0 aromatic carbocycles. The van der Waals surface area contributed by atoms with E-state index < -0.39 is 0 Å². The zero-order chi connectivity index (χ0) is 11.8. The van der Waals surface area contributed by atoms with Crippen LogP contribution in [0.15, 0.2) is 5.38 Å². The Bertz CT molecular complexity index is 544. The Balaban J connectivity index is 2.05. The highest BCUT2D eigenvalue weighted by Gasteiger charge is 2.16. The van der Waals surface area contributed by atoms with Crippen LogP contribution in [0.3, 0.4) is 0 Å². The van der Waals surface area contributed by atoms with Crippen LogP contribution in [-0.4, -0.2) is 36.1 Å². The molecule has 1 aliphatic rings. The lowest BCUT2D eigenvalue weighted by atomic mass is 10.2. The predicted molar refractivity (Wildman–Crippen MR) is 71.6 cm³/mol. The van der Waals surface area contributed by atoms with Gasteiger partial charge < -0.3 is 16.0 Å². The molecule has 3 N–H and O–H groups in total. The summed E-state index contributed by atoms with van der Waals surface area (Å²) in [5.74, 6) is 1.36. The van der Waals surface area contributed by atoms with Crippen LogP contribution in [0.2, 0.25) is 0 Å². The molecule has 0 unspecified atom stereocenters. The lowest BCUT2D eigenvalue weighted by Crippen LogP contribution is -2.44. The number of aromatic nitrogens is 2. The van der Waals surface area contributed by atoms with Crippen LogP contribution < -0.4 is 16.0 Å². The van der Waals surface area contributed by atoms with Gasteiger partial charge in [-0.3, -0.25) is 0 Å². The van der Waals surface area contributed by atoms with Crippen molar-refractivity contribution in [1.29, 1.82) is 0 Å². The number of nitrogens with two attached hydrogens (primary N) is 1. The second kappa shape index (κ2) is 4.12. The SMILES string of the molecule is Cc1csc2nc(N3CCNCC3)nc(N)c12. The smallest absolute Gasteiger partial charge is 0.228 e. The number of nitrogen functional groups attached to an aromatic ring is 1. The summed E-state index contributed by atoms with van der Waals surface area (Å²) >= 11 is 1.63. The quantitative estimate of drug-likeness (QED) is 0.789. The minimum Gasteiger partial charge on any atom is -0.383 e. The van der Waals surface area contributed by atoms with E-state index in [0.29, 0.717) is 5.82 Å². The summed E-state index contributed by atoms with van der Waals surface area (Å²) in [5.41, 5.74) is 7.18. The van der Waals surface area contributed by atoms with Gasteiger partial charge >= 0.3 is 0 Å². The molecule has 0 saturated carbocycles. The van der Waals surface area contributed by atoms with Crippen molar-refractivity contribution in [3.05, 3.63) is 10.9 Å². The summed E-state index contributed by atoms with van der Waals surface area (Å²) in [7, 11) is 0. The molecule has 0 aliphatic carbocycles. The third-order valence-corrected chi connectivity index (χ3v) is 4.02. The van der Waals surface area contributed by atoms with Gasteiger partial charge in [-0.25, -0.2) is 4.98 Å². The first-order valence-corrected chi connectivity index (χ1v) is 6.60. The average Bonchev–Trinajstić information content (AvgIpc) is 2.73. The van der Waals surface area contributed by atoms with Crippen LogP contribution in [-0.2, 0) is 0 Å². The zero-order valence-corrected chi connectivity index (χ0v) is 10.5. The van der Waals surface area contributed by atoms with Crippen LogP contribution in [0.25, 0.3) is 10.2 Å². The number of piperazine rings is 1. The summed E-state index contributed by atoms with van der Waals surface area (Å²) in [6.07, 6.45) is 0. The third-order valence-electron chi connectivity index (χ3n) is 3.03. The van der Waals surface area contributed by atoms with E-state index >= 15 is 0 Å². The van der Waals surface area contributed by atoms with Crippen molar-refractivity contribution in [3.63, 3.8) is 0 Å². The van der Waals surface area contributed by atoms with E-state index in [-0.39, 0.29) is 0 Å². The van der Waals surface area contributed by atoms with Crippen LogP contribution in [0, 0.1) is 6.92 Å². The lowest BCUT2D eigenvalue weighted by molar-refractivity contribution is 0.581. The Hall–Kier alpha value is -1.40. The molecule has 3 rings (SSSR count). The average molecular weight is 249 g/mol. The molecular weight excluding hydrogens is 234 g/mol. The number of hydrogen-bond donors (Lipinski definition) is 2. The number of thiophene rings is 1. The molecule has 1 saturated heterocycles. The third kappa shape index (κ3) is 1.83. The minimum atomic E-state index is 0.599. The van der Waals surface area contributed by atoms with Gasteiger partial charge in [0.2, 0.25) is 5.95 Å². The van der Waals surface area contributed by atoms with E-state index in [1.807, 2.05) is 6.92 Å². The van der Waals surface area contributed by atoms with Crippen LogP contribution in [0.1, 0.15) is 5.56 Å². The molecule has 1 fully saturated rings. The van der Waals surface area contributed by atoms with Crippen molar-refractivity contribution >= 4 is 33.3 Å². The fourth-order valence-electron chi connectivity index (χ4n) is 2.11. The summed E-state index contributed by atoms with van der Waals surface area (Å²) in [5, 5.41) is 6.40. The van der Waals surface area contributed by atoms with Gasteiger partial charge in [0.15, 0.2) is 0 Å². The van der Waals surface area contributed by atoms with Crippen molar-refractivity contribution < 1.29 is 0 Å². The largest absolute Gasteiger partial charge is 0.383 e. The molecule has 0 bridgehead atoms. The van der Waals surface area contributed by atoms with Crippen molar-refractivity contribution in [2.45, 2.75) is 6.92 Å². The van der Waals surface area contributed by atoms with Gasteiger partial charge in [0.1, 0.15) is 10.6 Å². The predicted octanol–water partition coefficient (Wildman–Crippen LogP) is 0.992. The first kappa shape index (κ1) is 10.7. The number of nitrogens with one attached hydrogen (secondary N) is 1. The Morgan fingerprint density at radius 3 is 2.88 bits per heavy atom. The summed E-state index contributed by atoms with van der Waals surface area (Å²) in [6, 6.07) is 0. The van der Waals surface area contributed by atoms with Gasteiger partial charge in [0, 0.05) is 26.2 Å². The number of anilines is 2. The summed E-state index contributed by atoms with van der Waals surface area (Å²) < 4.78 is 0. The molecule has 0 amide bonds. The molecule has 2 aromatic heterocycles. The molecule has 5 nitrogen and oxygen atoms in total. The summed E-state index contributed by atoms with van der Waals surface area (Å²) in [4.78, 5) is 12.2. The van der Waals surface area contributed by atoms with Crippen molar-refractivity contribution in [2.24, 2.45) is 0 Å². The summed E-state index contributed by atoms with van der Waals surface area (Å²) in [6.45, 7) is 5.88. The molecule has 0 atom stereocenters. The normalized spacial score (nSPS) is 16.6. The second-order valence-corrected chi connectivity index (χ2v) is 5.10. The van der Waals surface area contributed by atoms with Gasteiger partial charge in [0.05, 0.1) is 5.39 Å². The molecule has 0 spiro atoms. The Kier molecular flexibility index (Phi) is 2.60. The van der Waals surface area contributed by atoms with Crippen molar-refractivity contribution in [3.8, 4) is 0 Å². The van der Waals surface area contributed by atoms with Gasteiger partial charge in [-0.2, -0.15) is 4.98 Å². The number of fused-ring (bicyclic) bond motifs is 1. The zero-order valence-electron chi connectivity index (χ0n) is 9.73. The highest BCUT2D eigenvalue weighted by Crippen LogP contribution is 2.29. The monoisotopic (exact) mass is 249 g/mol. The van der Waals surface area contributed by atoms with Crippen molar-refractivity contribution in [2.75, 3.05) is 36.8 Å². The Morgan fingerprint density at radius 2 is 2.12 bits per heavy atom. The highest BCUT2D eigenvalue weighted by atomic mass is 32.1. The minimum absolute atomic E-state index is 0.599. The maximum absolute atomic E-state index is 6.02. The number of nitrogens with zero attached hydrogens (tertiary/aromatic N) is 3. The molecule has 1 aliphatic heterocycles. The maximum atomic E-state index is 6.02. The molecule has 3 heterocycles. The molecule has 6 heteroatoms. The molecule has 0 radical (unpaired) electrons. The lowest BCUT2D eigenvalue weighted by Gasteiger charge is -2.27. The molecule has 90 valence electrons. The fraction of sp³-hybridized carbons (Fsp3) is 0.455. The van der Waals surface area contributed by atoms with Crippen LogP contribution in [0.4, 0.5) is 11.8 Å². The van der Waals surface area contributed by atoms with Crippen LogP contribution >= 0.6 is 11.3 Å². The van der Waals surface area contributed by atoms with Gasteiger partial charge in [-0.1, -0.05) is 0 Å². The van der Waals surface area contributed by atoms with E-state index in [0.717, 1.165) is 47.9 Å². The van der Waals surface area contributed by atoms with Gasteiger partial charge in [0.25, 0.3) is 0 Å². The van der Waals surface area contributed by atoms with Crippen LogP contribution in [0.5, 0.6) is 0 Å². The Labute approximate surface area is 104 Å². The highest BCUT2D eigenvalue weighted by molar-refractivity contribution is 7.17. The number of hydrogen-bond acceptors (Lipinski definition) is 6. The Morgan fingerprint density at radius 1 is 1.35 bits per heavy atom. The van der Waals surface area contributed by atoms with E-state index in [1.54, 1.807) is 11.3 Å². The topological polar surface area (TPSA) is 67.1 Å². The number of rotatable bonds is 1. The van der Waals surface area contributed by atoms with Gasteiger partial charge in [-0.15, -0.1) is 11.3 Å². The second-order valence-electron chi connectivity index (χ2n) is 4.24. The molecular formula is C11H15N5S. The molecule has 2 aromatic rings. The van der Waals surface area contributed by atoms with Gasteiger partial charge in [-0.05, 0) is 17.9 Å². The van der Waals surface area contributed by atoms with E-state index in [9.17, 15) is 0 Å². The standard InChI is InChI=1S/C11H15N5S/c1-7-6-17-10-8(7)9(12)14-11(15-10)16-4-2-13-3-5-16/h6,13H,2-5H2,1H3,(H2,12,14,15). The van der Waals surface area contributed by atoms with E-state index in [1.165, 1.54) is 0 Å². The first-order chi connectivity index (χ1) is 8.25. The van der Waals surface area contributed by atoms with Crippen molar-refractivity contribution in [1.82, 2.24) is 15.3 Å².